The highest BCUT2D eigenvalue weighted by molar-refractivity contribution is 6.30. The Labute approximate surface area is 178 Å². The molecule has 1 aliphatic heterocycles. The van der Waals surface area contributed by atoms with E-state index in [4.69, 9.17) is 16.3 Å². The zero-order valence-corrected chi connectivity index (χ0v) is 17.0. The monoisotopic (exact) mass is 428 g/mol. The SMILES string of the molecule is CC1=NC(COCCc2ccccn2)=C(C(=O)O)C(c2cccc(Cl)c2)C1C(=O)O. The van der Waals surface area contributed by atoms with Crippen molar-refractivity contribution in [2.24, 2.45) is 10.9 Å². The molecule has 30 heavy (non-hydrogen) atoms. The number of aliphatic imine (C=N–C) groups is 1. The lowest BCUT2D eigenvalue weighted by Gasteiger charge is -2.30. The minimum absolute atomic E-state index is 0.0464. The van der Waals surface area contributed by atoms with Gasteiger partial charge in [-0.05, 0) is 36.8 Å². The molecule has 0 spiro atoms. The summed E-state index contributed by atoms with van der Waals surface area (Å²) in [6.45, 7) is 1.87. The van der Waals surface area contributed by atoms with Crippen LogP contribution in [0.3, 0.4) is 0 Å². The lowest BCUT2D eigenvalue weighted by molar-refractivity contribution is -0.140. The van der Waals surface area contributed by atoms with Crippen molar-refractivity contribution in [1.29, 1.82) is 0 Å². The number of hydrogen-bond acceptors (Lipinski definition) is 5. The van der Waals surface area contributed by atoms with Crippen LogP contribution in [0.25, 0.3) is 0 Å². The number of carboxylic acids is 2. The molecule has 2 atom stereocenters. The molecule has 1 aromatic heterocycles. The van der Waals surface area contributed by atoms with E-state index in [1.54, 1.807) is 37.4 Å². The summed E-state index contributed by atoms with van der Waals surface area (Å²) in [7, 11) is 0. The third-order valence-electron chi connectivity index (χ3n) is 4.89. The van der Waals surface area contributed by atoms with E-state index in [1.165, 1.54) is 0 Å². The fraction of sp³-hybridized carbons (Fsp3) is 0.273. The Kier molecular flexibility index (Phi) is 6.97. The van der Waals surface area contributed by atoms with Crippen LogP contribution in [0.2, 0.25) is 5.02 Å². The second-order valence-electron chi connectivity index (χ2n) is 6.89. The molecule has 0 saturated carbocycles. The number of halogens is 1. The molecule has 8 heteroatoms. The van der Waals surface area contributed by atoms with Gasteiger partial charge >= 0.3 is 11.9 Å². The number of nitrogens with zero attached hydrogens (tertiary/aromatic N) is 2. The maximum atomic E-state index is 12.1. The van der Waals surface area contributed by atoms with Gasteiger partial charge in [0, 0.05) is 35.0 Å². The molecule has 2 heterocycles. The van der Waals surface area contributed by atoms with Crippen LogP contribution in [0, 0.1) is 5.92 Å². The van der Waals surface area contributed by atoms with E-state index in [0.29, 0.717) is 29.3 Å². The minimum atomic E-state index is -1.23. The van der Waals surface area contributed by atoms with Gasteiger partial charge in [0.05, 0.1) is 24.5 Å². The molecule has 0 aliphatic carbocycles. The first-order valence-electron chi connectivity index (χ1n) is 9.36. The Morgan fingerprint density at radius 3 is 2.60 bits per heavy atom. The number of hydrogen-bond donors (Lipinski definition) is 2. The Balaban J connectivity index is 1.90. The fourth-order valence-corrected chi connectivity index (χ4v) is 3.77. The van der Waals surface area contributed by atoms with Gasteiger partial charge in [-0.3, -0.25) is 14.8 Å². The first kappa shape index (κ1) is 21.7. The van der Waals surface area contributed by atoms with E-state index in [0.717, 1.165) is 5.69 Å². The van der Waals surface area contributed by atoms with Crippen molar-refractivity contribution in [3.8, 4) is 0 Å². The van der Waals surface area contributed by atoms with Crippen molar-refractivity contribution < 1.29 is 24.5 Å². The number of aliphatic carboxylic acids is 2. The molecule has 0 saturated heterocycles. The minimum Gasteiger partial charge on any atom is -0.481 e. The van der Waals surface area contributed by atoms with Crippen molar-refractivity contribution in [2.45, 2.75) is 19.3 Å². The molecule has 3 rings (SSSR count). The first-order chi connectivity index (χ1) is 14.4. The van der Waals surface area contributed by atoms with Gasteiger partial charge in [-0.2, -0.15) is 0 Å². The number of benzene rings is 1. The van der Waals surface area contributed by atoms with Crippen LogP contribution < -0.4 is 0 Å². The van der Waals surface area contributed by atoms with Crippen LogP contribution in [0.15, 0.2) is 64.9 Å². The van der Waals surface area contributed by atoms with Crippen molar-refractivity contribution >= 4 is 29.3 Å². The van der Waals surface area contributed by atoms with E-state index in [2.05, 4.69) is 9.98 Å². The maximum Gasteiger partial charge on any atom is 0.334 e. The summed E-state index contributed by atoms with van der Waals surface area (Å²) >= 11 is 6.08. The summed E-state index contributed by atoms with van der Waals surface area (Å²) in [5.41, 5.74) is 1.81. The molecule has 0 bridgehead atoms. The van der Waals surface area contributed by atoms with Gasteiger partial charge in [-0.25, -0.2) is 4.79 Å². The van der Waals surface area contributed by atoms with Gasteiger partial charge in [0.2, 0.25) is 0 Å². The number of carboxylic acid groups (broad SMARTS) is 2. The average molecular weight is 429 g/mol. The summed E-state index contributed by atoms with van der Waals surface area (Å²) in [6.07, 6.45) is 2.26. The van der Waals surface area contributed by atoms with Crippen molar-refractivity contribution in [3.63, 3.8) is 0 Å². The lowest BCUT2D eigenvalue weighted by Crippen LogP contribution is -2.35. The van der Waals surface area contributed by atoms with E-state index < -0.39 is 23.8 Å². The molecular weight excluding hydrogens is 408 g/mol. The second-order valence-corrected chi connectivity index (χ2v) is 7.33. The van der Waals surface area contributed by atoms with E-state index >= 15 is 0 Å². The second kappa shape index (κ2) is 9.65. The van der Waals surface area contributed by atoms with E-state index in [9.17, 15) is 19.8 Å². The van der Waals surface area contributed by atoms with Crippen molar-refractivity contribution in [1.82, 2.24) is 4.98 Å². The quantitative estimate of drug-likeness (QED) is 0.622. The highest BCUT2D eigenvalue weighted by atomic mass is 35.5. The van der Waals surface area contributed by atoms with Crippen molar-refractivity contribution in [3.05, 3.63) is 76.2 Å². The molecule has 2 unspecified atom stereocenters. The molecule has 0 fully saturated rings. The molecule has 0 radical (unpaired) electrons. The summed E-state index contributed by atoms with van der Waals surface area (Å²) in [5, 5.41) is 20.1. The highest BCUT2D eigenvalue weighted by Gasteiger charge is 2.41. The molecular formula is C22H21ClN2O5. The highest BCUT2D eigenvalue weighted by Crippen LogP contribution is 2.40. The van der Waals surface area contributed by atoms with Gasteiger partial charge in [-0.1, -0.05) is 29.8 Å². The summed E-state index contributed by atoms with van der Waals surface area (Å²) in [5.74, 6) is -4.40. The predicted octanol–water partition coefficient (Wildman–Crippen LogP) is 3.59. The molecule has 1 aliphatic rings. The molecule has 7 nitrogen and oxygen atoms in total. The van der Waals surface area contributed by atoms with Gasteiger partial charge in [0.25, 0.3) is 0 Å². The molecule has 2 aromatic rings. The average Bonchev–Trinajstić information content (AvgIpc) is 2.70. The number of rotatable bonds is 8. The van der Waals surface area contributed by atoms with Gasteiger partial charge in [-0.15, -0.1) is 0 Å². The Morgan fingerprint density at radius 2 is 1.97 bits per heavy atom. The fourth-order valence-electron chi connectivity index (χ4n) is 3.57. The summed E-state index contributed by atoms with van der Waals surface area (Å²) in [6, 6.07) is 12.2. The van der Waals surface area contributed by atoms with Crippen LogP contribution >= 0.6 is 11.6 Å². The number of pyridine rings is 1. The zero-order chi connectivity index (χ0) is 21.7. The third-order valence-corrected chi connectivity index (χ3v) is 5.12. The number of carbonyl (C=O) groups is 2. The topological polar surface area (TPSA) is 109 Å². The first-order valence-corrected chi connectivity index (χ1v) is 9.73. The largest absolute Gasteiger partial charge is 0.481 e. The lowest BCUT2D eigenvalue weighted by atomic mass is 9.75. The Bertz CT molecular complexity index is 1000. The zero-order valence-electron chi connectivity index (χ0n) is 16.3. The van der Waals surface area contributed by atoms with Gasteiger partial charge in [0.15, 0.2) is 0 Å². The summed E-state index contributed by atoms with van der Waals surface area (Å²) in [4.78, 5) is 32.6. The third kappa shape index (κ3) is 4.93. The predicted molar refractivity (Wildman–Crippen MR) is 112 cm³/mol. The van der Waals surface area contributed by atoms with Crippen molar-refractivity contribution in [2.75, 3.05) is 13.2 Å². The van der Waals surface area contributed by atoms with Crippen LogP contribution in [0.5, 0.6) is 0 Å². The number of aromatic nitrogens is 1. The van der Waals surface area contributed by atoms with Crippen LogP contribution in [0.1, 0.15) is 24.1 Å². The molecule has 156 valence electrons. The maximum absolute atomic E-state index is 12.1. The molecule has 2 N–H and O–H groups in total. The van der Waals surface area contributed by atoms with Gasteiger partial charge < -0.3 is 14.9 Å². The normalized spacial score (nSPS) is 18.8. The van der Waals surface area contributed by atoms with Crippen LogP contribution in [0.4, 0.5) is 0 Å². The molecule has 1 aromatic carbocycles. The van der Waals surface area contributed by atoms with E-state index in [-0.39, 0.29) is 17.9 Å². The molecule has 0 amide bonds. The van der Waals surface area contributed by atoms with E-state index in [1.807, 2.05) is 18.2 Å². The standard InChI is InChI=1S/C22H21ClN2O5/c1-13-18(21(26)27)19(14-5-4-6-15(23)11-14)20(22(28)29)17(25-13)12-30-10-8-16-7-2-3-9-24-16/h2-7,9,11,18-19H,8,10,12H2,1H3,(H,26,27)(H,28,29). The Hall–Kier alpha value is -3.03. The number of ether oxygens (including phenoxy) is 1. The van der Waals surface area contributed by atoms with Crippen LogP contribution in [-0.2, 0) is 20.7 Å². The van der Waals surface area contributed by atoms with Crippen LogP contribution in [-0.4, -0.2) is 46.1 Å². The van der Waals surface area contributed by atoms with Gasteiger partial charge in [0.1, 0.15) is 5.92 Å². The summed E-state index contributed by atoms with van der Waals surface area (Å²) < 4.78 is 5.67. The smallest absolute Gasteiger partial charge is 0.334 e. The Morgan fingerprint density at radius 1 is 1.17 bits per heavy atom.